The highest BCUT2D eigenvalue weighted by atomic mass is 35.5. The molecule has 0 radical (unpaired) electrons. The number of hydrogen-bond donors (Lipinski definition) is 3. The van der Waals surface area contributed by atoms with Gasteiger partial charge in [0.05, 0.1) is 36.5 Å². The molecule has 18 nitrogen and oxygen atoms in total. The molecule has 4 fully saturated rings. The van der Waals surface area contributed by atoms with Crippen molar-refractivity contribution in [3.05, 3.63) is 46.5 Å². The molecule has 0 aromatic heterocycles. The van der Waals surface area contributed by atoms with Gasteiger partial charge in [-0.3, -0.25) is 34.2 Å². The minimum Gasteiger partial charge on any atom is -0.495 e. The Bertz CT molecular complexity index is 2170. The van der Waals surface area contributed by atoms with Gasteiger partial charge in [0.2, 0.25) is 23.6 Å². The molecular formula is C47H63ClN4O14S. The number of esters is 1. The van der Waals surface area contributed by atoms with E-state index in [1.165, 1.54) is 54.7 Å². The Hall–Kier alpha value is -4.69. The number of aliphatic carboxylic acids is 1. The summed E-state index contributed by atoms with van der Waals surface area (Å²) in [6, 6.07) is 2.40. The van der Waals surface area contributed by atoms with E-state index < -0.39 is 88.7 Å². The molecule has 3 N–H and O–H groups in total. The molecule has 5 amide bonds. The second-order valence-corrected chi connectivity index (χ2v) is 20.3. The van der Waals surface area contributed by atoms with Crippen molar-refractivity contribution in [2.75, 3.05) is 45.5 Å². The summed E-state index contributed by atoms with van der Waals surface area (Å²) < 4.78 is 29.4. The lowest BCUT2D eigenvalue weighted by molar-refractivity contribution is -0.162. The molecule has 9 atom stereocenters. The van der Waals surface area contributed by atoms with Crippen molar-refractivity contribution >= 4 is 70.7 Å². The number of carboxylic acid groups (broad SMARTS) is 1. The molecule has 368 valence electrons. The van der Waals surface area contributed by atoms with Gasteiger partial charge in [-0.25, -0.2) is 9.59 Å². The number of amides is 5. The maximum absolute atomic E-state index is 14.3. The van der Waals surface area contributed by atoms with Crippen molar-refractivity contribution in [2.24, 2.45) is 17.8 Å². The number of hydrogen-bond acceptors (Lipinski definition) is 14. The lowest BCUT2D eigenvalue weighted by Crippen LogP contribution is -2.63. The second kappa shape index (κ2) is 21.3. The van der Waals surface area contributed by atoms with Gasteiger partial charge in [0.25, 0.3) is 0 Å². The van der Waals surface area contributed by atoms with Crippen LogP contribution in [0.3, 0.4) is 0 Å². The fraction of sp³-hybridized carbons (Fsp3) is 0.638. The molecule has 1 aromatic carbocycles. The molecule has 1 aromatic rings. The number of fused-ring (bicyclic) bond motifs is 5. The summed E-state index contributed by atoms with van der Waals surface area (Å²) in [5.41, 5.74) is -1.16. The van der Waals surface area contributed by atoms with Crippen LogP contribution < -0.4 is 15.0 Å². The summed E-state index contributed by atoms with van der Waals surface area (Å²) in [6.45, 7) is 7.10. The summed E-state index contributed by atoms with van der Waals surface area (Å²) in [4.78, 5) is 96.2. The number of anilines is 1. The van der Waals surface area contributed by atoms with Crippen molar-refractivity contribution in [3.63, 3.8) is 0 Å². The molecule has 0 unspecified atom stereocenters. The zero-order valence-electron chi connectivity index (χ0n) is 39.3. The number of methoxy groups -OCH3 is 2. The minimum absolute atomic E-state index is 0.00460. The van der Waals surface area contributed by atoms with Gasteiger partial charge in [-0.2, -0.15) is 0 Å². The highest BCUT2D eigenvalue weighted by molar-refractivity contribution is 8.00. The maximum atomic E-state index is 14.3. The molecule has 4 aliphatic heterocycles. The van der Waals surface area contributed by atoms with Crippen LogP contribution in [0.2, 0.25) is 5.02 Å². The number of likely N-dealkylation sites (tertiary alicyclic amines) is 1. The Morgan fingerprint density at radius 1 is 1.09 bits per heavy atom. The van der Waals surface area contributed by atoms with Crippen LogP contribution in [0.15, 0.2) is 35.9 Å². The van der Waals surface area contributed by atoms with Crippen LogP contribution >= 0.6 is 23.4 Å². The number of benzene rings is 1. The zero-order valence-corrected chi connectivity index (χ0v) is 40.9. The van der Waals surface area contributed by atoms with Crippen molar-refractivity contribution in [3.8, 4) is 5.75 Å². The van der Waals surface area contributed by atoms with E-state index in [2.05, 4.69) is 5.32 Å². The fourth-order valence-electron chi connectivity index (χ4n) is 9.51. The van der Waals surface area contributed by atoms with E-state index in [-0.39, 0.29) is 60.7 Å². The zero-order chi connectivity index (χ0) is 49.1. The van der Waals surface area contributed by atoms with Crippen molar-refractivity contribution < 1.29 is 67.5 Å². The van der Waals surface area contributed by atoms with Gasteiger partial charge in [0, 0.05) is 58.7 Å². The average molecular weight is 976 g/mol. The largest absolute Gasteiger partial charge is 0.495 e. The predicted octanol–water partition coefficient (Wildman–Crippen LogP) is 4.66. The Kier molecular flexibility index (Phi) is 16.4. The lowest BCUT2D eigenvalue weighted by Gasteiger charge is -2.42. The van der Waals surface area contributed by atoms with E-state index >= 15 is 0 Å². The summed E-state index contributed by atoms with van der Waals surface area (Å²) in [7, 11) is 5.87. The molecule has 4 heterocycles. The molecule has 6 rings (SSSR count). The summed E-state index contributed by atoms with van der Waals surface area (Å²) in [5.74, 6) is -3.58. The Balaban J connectivity index is 1.16. The number of imide groups is 1. The Morgan fingerprint density at radius 3 is 2.45 bits per heavy atom. The monoisotopic (exact) mass is 974 g/mol. The number of allylic oxidation sites excluding steroid dienone is 3. The van der Waals surface area contributed by atoms with Crippen LogP contribution in [-0.2, 0) is 54.1 Å². The van der Waals surface area contributed by atoms with Gasteiger partial charge in [-0.1, -0.05) is 42.3 Å². The van der Waals surface area contributed by atoms with E-state index in [4.69, 9.17) is 35.3 Å². The first-order chi connectivity index (χ1) is 31.6. The third-order valence-electron chi connectivity index (χ3n) is 14.0. The van der Waals surface area contributed by atoms with Gasteiger partial charge < -0.3 is 43.7 Å². The van der Waals surface area contributed by atoms with Gasteiger partial charge in [-0.15, -0.1) is 11.8 Å². The van der Waals surface area contributed by atoms with Gasteiger partial charge in [-0.05, 0) is 76.5 Å². The number of carboxylic acids is 1. The Morgan fingerprint density at radius 2 is 1.79 bits per heavy atom. The Labute approximate surface area is 400 Å². The van der Waals surface area contributed by atoms with Crippen molar-refractivity contribution in [2.45, 2.75) is 133 Å². The first-order valence-corrected chi connectivity index (χ1v) is 24.1. The number of nitrogens with zero attached hydrogens (tertiary/aromatic N) is 3. The summed E-state index contributed by atoms with van der Waals surface area (Å²) >= 11 is 8.00. The normalized spacial score (nSPS) is 33.1. The number of aliphatic hydroxyl groups is 1. The average Bonchev–Trinajstić information content (AvgIpc) is 3.91. The van der Waals surface area contributed by atoms with Gasteiger partial charge >= 0.3 is 18.0 Å². The van der Waals surface area contributed by atoms with E-state index in [9.17, 15) is 43.8 Å². The molecule has 4 bridgehead atoms. The maximum Gasteiger partial charge on any atom is 0.409 e. The van der Waals surface area contributed by atoms with Crippen LogP contribution in [0, 0.1) is 17.8 Å². The number of rotatable bonds is 12. The van der Waals surface area contributed by atoms with Crippen LogP contribution in [0.5, 0.6) is 5.75 Å². The molecule has 5 aliphatic rings. The number of halogens is 1. The van der Waals surface area contributed by atoms with E-state index in [0.29, 0.717) is 43.5 Å². The van der Waals surface area contributed by atoms with Gasteiger partial charge in [0.15, 0.2) is 5.72 Å². The first-order valence-electron chi connectivity index (χ1n) is 22.6. The first kappa shape index (κ1) is 51.7. The van der Waals surface area contributed by atoms with Crippen LogP contribution in [-0.4, -0.2) is 149 Å². The summed E-state index contributed by atoms with van der Waals surface area (Å²) in [5, 5.41) is 23.2. The fourth-order valence-corrected chi connectivity index (χ4v) is 10.9. The second-order valence-electron chi connectivity index (χ2n) is 18.6. The number of nitrogens with one attached hydrogen (secondary N) is 1. The quantitative estimate of drug-likeness (QED) is 0.147. The van der Waals surface area contributed by atoms with E-state index in [1.54, 1.807) is 45.2 Å². The van der Waals surface area contributed by atoms with Crippen LogP contribution in [0.4, 0.5) is 10.5 Å². The highest BCUT2D eigenvalue weighted by Gasteiger charge is 2.64. The molecule has 20 heteroatoms. The molecule has 67 heavy (non-hydrogen) atoms. The molecule has 1 aliphatic carbocycles. The topological polar surface area (TPSA) is 231 Å². The number of carbonyl (C=O) groups is 7. The standard InChI is InChI=1S/C47H63ClN4O14S/c1-25-10-9-11-35(63-8)47(61)23-33(64-45(60)49-47)26(2)41-46(4,66-41)36(22-38(54)51(6)31-19-29(18-25)20-32(62-7)40(31)48)65-44(59)27(3)50(5)37(53)16-17-67-34-21-39(55)52(42(34)56)24-28-12-14-30(15-13-28)43(57)58/h9-11,19-20,26-28,30,33-36,41,61H,12-18,21-24H2,1-8H3,(H,49,60)(H,57,58)/b11-9+,25-10+/t26-,27+,28-,30-,33+,34-,35-,36+,41+,46+,47+/m1/s1. The van der Waals surface area contributed by atoms with Crippen molar-refractivity contribution in [1.29, 1.82) is 0 Å². The number of thioether (sulfide) groups is 1. The third kappa shape index (κ3) is 11.6. The lowest BCUT2D eigenvalue weighted by atomic mass is 9.82. The number of ether oxygens (including phenoxy) is 5. The minimum atomic E-state index is -1.88. The molecular weight excluding hydrogens is 912 g/mol. The highest BCUT2D eigenvalue weighted by Crippen LogP contribution is 2.49. The summed E-state index contributed by atoms with van der Waals surface area (Å²) in [6.07, 6.45) is 2.63. The van der Waals surface area contributed by atoms with E-state index in [1.807, 2.05) is 13.0 Å². The van der Waals surface area contributed by atoms with Gasteiger partial charge in [0.1, 0.15) is 40.7 Å². The van der Waals surface area contributed by atoms with Crippen LogP contribution in [0.25, 0.3) is 0 Å². The third-order valence-corrected chi connectivity index (χ3v) is 15.6. The number of carbonyl (C=O) groups excluding carboxylic acids is 6. The van der Waals surface area contributed by atoms with Crippen molar-refractivity contribution in [1.82, 2.24) is 15.1 Å². The smallest absolute Gasteiger partial charge is 0.409 e. The number of epoxide rings is 1. The number of likely N-dealkylation sites (N-methyl/N-ethyl adjacent to an activating group) is 1. The molecule has 1 saturated carbocycles. The van der Waals surface area contributed by atoms with Crippen LogP contribution in [0.1, 0.15) is 84.6 Å². The number of alkyl carbamates (subject to hydrolysis) is 1. The molecule has 3 saturated heterocycles. The SMILES string of the molecule is COc1cc2cc(c1Cl)N(C)C(=O)C[C@H](OC(=O)[C@H](C)N(C)C(=O)CCS[C@@H]1CC(=O)N(C[C@H]3CC[C@H](C(=O)O)CC3)C1=O)[C@]1(C)O[C@H]1[C@H](C)[C@@H]1C[C@@](O)(NC(=O)O1)[C@H](OC)/C=C/C=C(\C)C2. The predicted molar refractivity (Wildman–Crippen MR) is 246 cm³/mol. The molecule has 0 spiro atoms. The van der Waals surface area contributed by atoms with E-state index in [0.717, 1.165) is 11.1 Å².